The molecule has 4 aliphatic rings. The van der Waals surface area contributed by atoms with Gasteiger partial charge in [0, 0.05) is 80.3 Å². The van der Waals surface area contributed by atoms with Crippen LogP contribution < -0.4 is 26.2 Å². The van der Waals surface area contributed by atoms with Crippen molar-refractivity contribution >= 4 is 69.9 Å². The average Bonchev–Trinajstić information content (AvgIpc) is 0.957. The van der Waals surface area contributed by atoms with Crippen LogP contribution >= 0.6 is 12.4 Å². The minimum Gasteiger partial charge on any atom is -0.456 e. The van der Waals surface area contributed by atoms with Gasteiger partial charge in [-0.1, -0.05) is 85.2 Å². The lowest BCUT2D eigenvalue weighted by Crippen LogP contribution is -2.37. The molecule has 6 aromatic rings. The summed E-state index contributed by atoms with van der Waals surface area (Å²) in [5.41, 5.74) is 13.5. The molecule has 508 valence electrons. The molecule has 3 aromatic heterocycles. The predicted molar refractivity (Wildman–Crippen MR) is 383 cm³/mol. The number of carbonyl (C=O) groups is 4. The van der Waals surface area contributed by atoms with Crippen LogP contribution in [0.5, 0.6) is 0 Å². The fourth-order valence-electron chi connectivity index (χ4n) is 11.7. The van der Waals surface area contributed by atoms with E-state index in [0.717, 1.165) is 174 Å². The number of aliphatic hydroxyl groups is 1. The fourth-order valence-corrected chi connectivity index (χ4v) is 11.7. The first-order chi connectivity index (χ1) is 44.2. The number of allylic oxidation sites excluding steroid dienone is 4. The lowest BCUT2D eigenvalue weighted by atomic mass is 9.76. The average molecular weight is 1310 g/mol. The van der Waals surface area contributed by atoms with Gasteiger partial charge in [-0.15, -0.1) is 18.8 Å². The van der Waals surface area contributed by atoms with Crippen LogP contribution in [0.15, 0.2) is 95.7 Å². The van der Waals surface area contributed by atoms with Gasteiger partial charge in [-0.05, 0) is 204 Å². The maximum atomic E-state index is 12.7. The molecular formula is C75H104ClN11O7. The van der Waals surface area contributed by atoms with E-state index in [1.807, 2.05) is 38.1 Å². The molecule has 0 atom stereocenters. The van der Waals surface area contributed by atoms with E-state index in [-0.39, 0.29) is 67.7 Å². The molecule has 2 fully saturated rings. The highest BCUT2D eigenvalue weighted by Gasteiger charge is 2.27. The Hall–Kier alpha value is -7.79. The Bertz CT molecular complexity index is 3560. The van der Waals surface area contributed by atoms with Crippen LogP contribution in [0, 0.1) is 42.9 Å². The Balaban J connectivity index is 0.000000221. The maximum absolute atomic E-state index is 12.7. The lowest BCUT2D eigenvalue weighted by molar-refractivity contribution is -0.120. The first-order valence-corrected chi connectivity index (χ1v) is 33.1. The number of carbonyl (C=O) groups excluding carboxylic acids is 4. The van der Waals surface area contributed by atoms with Gasteiger partial charge in [0.05, 0.1) is 37.2 Å². The number of furan rings is 1. The largest absolute Gasteiger partial charge is 0.456 e. The lowest BCUT2D eigenvalue weighted by Gasteiger charge is -2.33. The Morgan fingerprint density at radius 1 is 0.745 bits per heavy atom. The van der Waals surface area contributed by atoms with Gasteiger partial charge in [-0.2, -0.15) is 0 Å². The zero-order valence-corrected chi connectivity index (χ0v) is 57.1. The number of morpholine rings is 1. The minimum absolute atomic E-state index is 0. The maximum Gasteiger partial charge on any atom is 0.291 e. The number of halogens is 1. The highest BCUT2D eigenvalue weighted by atomic mass is 35.5. The van der Waals surface area contributed by atoms with Crippen LogP contribution in [0.25, 0.3) is 11.1 Å². The van der Waals surface area contributed by atoms with E-state index in [0.29, 0.717) is 41.3 Å². The number of anilines is 4. The molecule has 10 rings (SSSR count). The van der Waals surface area contributed by atoms with Crippen molar-refractivity contribution in [1.82, 2.24) is 35.1 Å². The number of aryl methyl sites for hydroxylation is 3. The third kappa shape index (κ3) is 22.7. The number of benzene rings is 3. The van der Waals surface area contributed by atoms with Crippen molar-refractivity contribution < 1.29 is 33.4 Å². The molecule has 0 bridgehead atoms. The molecule has 19 heteroatoms. The highest BCUT2D eigenvalue weighted by Crippen LogP contribution is 2.42. The Labute approximate surface area is 564 Å². The van der Waals surface area contributed by atoms with Crippen molar-refractivity contribution in [1.29, 1.82) is 0 Å². The molecule has 7 N–H and O–H groups in total. The second kappa shape index (κ2) is 36.2. The van der Waals surface area contributed by atoms with Gasteiger partial charge in [0.15, 0.2) is 17.4 Å². The minimum atomic E-state index is -0.376. The van der Waals surface area contributed by atoms with E-state index in [1.54, 1.807) is 12.3 Å². The SMILES string of the molecule is C.C#Cc1cnc(C(=O)Nc2ccc(CC(=O)NCCCO)cc2C2=CCC(C)(C)CC2)[nH]1.CCN(C)CCCc1ccc(NC(=O)c2ccc(C)o2)c(N2CCC(C)CC2)c1.Cc1cnc(C(=O)Nc2ccc(CCN3CCOCC3)cc2C2=CCC(C)(C)CC2)[nH]1.Cl. The molecule has 2 saturated heterocycles. The van der Waals surface area contributed by atoms with E-state index < -0.39 is 0 Å². The number of nitrogens with zero attached hydrogens (tertiary/aromatic N) is 5. The van der Waals surface area contributed by atoms with Crippen molar-refractivity contribution in [2.45, 2.75) is 146 Å². The molecule has 18 nitrogen and oxygen atoms in total. The van der Waals surface area contributed by atoms with Crippen molar-refractivity contribution in [3.8, 4) is 12.3 Å². The van der Waals surface area contributed by atoms with E-state index >= 15 is 0 Å². The van der Waals surface area contributed by atoms with Crippen LogP contribution in [0.1, 0.15) is 190 Å². The molecule has 0 unspecified atom stereocenters. The number of H-pyrrole nitrogens is 2. The Morgan fingerprint density at radius 2 is 1.32 bits per heavy atom. The molecule has 3 aromatic carbocycles. The van der Waals surface area contributed by atoms with E-state index in [4.69, 9.17) is 20.7 Å². The van der Waals surface area contributed by atoms with E-state index in [1.165, 1.54) is 35.7 Å². The number of ether oxygens (including phenoxy) is 1. The second-order valence-corrected chi connectivity index (χ2v) is 26.8. The summed E-state index contributed by atoms with van der Waals surface area (Å²) < 4.78 is 11.0. The van der Waals surface area contributed by atoms with Gasteiger partial charge in [-0.3, -0.25) is 24.1 Å². The highest BCUT2D eigenvalue weighted by molar-refractivity contribution is 6.05. The third-order valence-corrected chi connectivity index (χ3v) is 18.0. The summed E-state index contributed by atoms with van der Waals surface area (Å²) in [6.45, 7) is 26.8. The smallest absolute Gasteiger partial charge is 0.291 e. The number of aromatic nitrogens is 4. The van der Waals surface area contributed by atoms with Crippen molar-refractivity contribution in [2.75, 3.05) is 100 Å². The van der Waals surface area contributed by atoms with Gasteiger partial charge < -0.3 is 55.3 Å². The monoisotopic (exact) mass is 1310 g/mol. The summed E-state index contributed by atoms with van der Waals surface area (Å²) in [5.74, 6) is 3.91. The van der Waals surface area contributed by atoms with E-state index in [9.17, 15) is 19.2 Å². The van der Waals surface area contributed by atoms with Crippen LogP contribution in [0.4, 0.5) is 22.7 Å². The number of terminal acetylenes is 1. The van der Waals surface area contributed by atoms with E-state index in [2.05, 4.69) is 159 Å². The molecule has 0 spiro atoms. The number of hydrogen-bond donors (Lipinski definition) is 7. The Morgan fingerprint density at radius 3 is 1.86 bits per heavy atom. The van der Waals surface area contributed by atoms with Crippen LogP contribution in [0.2, 0.25) is 0 Å². The normalized spacial score (nSPS) is 16.0. The Kier molecular flexibility index (Phi) is 29.0. The molecular weight excluding hydrogens is 1200 g/mol. The summed E-state index contributed by atoms with van der Waals surface area (Å²) in [6.07, 6.45) is 25.5. The van der Waals surface area contributed by atoms with Gasteiger partial charge in [0.2, 0.25) is 5.91 Å². The number of aliphatic hydroxyl groups excluding tert-OH is 1. The molecule has 2 aliphatic heterocycles. The number of nitrogens with one attached hydrogen (secondary N) is 6. The zero-order valence-electron chi connectivity index (χ0n) is 56.3. The first kappa shape index (κ1) is 75.2. The van der Waals surface area contributed by atoms with Crippen LogP contribution in [-0.2, 0) is 28.8 Å². The van der Waals surface area contributed by atoms with Gasteiger partial charge in [0.25, 0.3) is 17.7 Å². The number of imidazole rings is 2. The summed E-state index contributed by atoms with van der Waals surface area (Å²) in [7, 11) is 2.16. The number of aromatic amines is 2. The number of hydrogen-bond acceptors (Lipinski definition) is 12. The molecule has 0 radical (unpaired) electrons. The summed E-state index contributed by atoms with van der Waals surface area (Å²) in [5, 5.41) is 20.8. The van der Waals surface area contributed by atoms with Gasteiger partial charge in [0.1, 0.15) is 11.5 Å². The van der Waals surface area contributed by atoms with Crippen molar-refractivity contribution in [3.63, 3.8) is 0 Å². The molecule has 0 saturated carbocycles. The van der Waals surface area contributed by atoms with Crippen molar-refractivity contribution in [2.24, 2.45) is 16.7 Å². The third-order valence-electron chi connectivity index (χ3n) is 18.0. The quantitative estimate of drug-likeness (QED) is 0.0249. The fraction of sp³-hybridized carbons (Fsp3) is 0.493. The molecule has 2 aliphatic carbocycles. The number of amides is 4. The predicted octanol–water partition coefficient (Wildman–Crippen LogP) is 13.7. The van der Waals surface area contributed by atoms with Gasteiger partial charge >= 0.3 is 0 Å². The summed E-state index contributed by atoms with van der Waals surface area (Å²) in [4.78, 5) is 71.6. The second-order valence-electron chi connectivity index (χ2n) is 26.8. The van der Waals surface area contributed by atoms with Crippen LogP contribution in [0.3, 0.4) is 0 Å². The first-order valence-electron chi connectivity index (χ1n) is 33.1. The summed E-state index contributed by atoms with van der Waals surface area (Å²) >= 11 is 0. The zero-order chi connectivity index (χ0) is 65.8. The summed E-state index contributed by atoms with van der Waals surface area (Å²) in [6, 6.07) is 22.1. The molecule has 4 amide bonds. The van der Waals surface area contributed by atoms with Crippen LogP contribution in [-0.4, -0.2) is 138 Å². The van der Waals surface area contributed by atoms with Crippen molar-refractivity contribution in [3.05, 3.63) is 154 Å². The number of rotatable bonds is 22. The van der Waals surface area contributed by atoms with Gasteiger partial charge in [-0.25, -0.2) is 9.97 Å². The number of piperidine rings is 1. The topological polar surface area (TPSA) is 226 Å². The standard InChI is InChI=1S/C25H30N4O3.C25H34N4O2.C24H35N3O2.CH4.ClH/c1-4-19-16-27-23(28-19)24(32)29-21-7-6-17(15-22(31)26-12-5-13-30)14-20(21)18-8-10-25(2,3)11-9-18;1-18-17-26-23(27-18)24(30)28-22-5-4-19(8-11-29-12-14-31-15-13-29)16-21(22)20-6-9-25(2,3)10-7-20;1-5-26(4)14-6-7-20-9-10-21(25-24(28)23-11-8-19(3)29-23)22(17-20)27-15-12-18(2)13-16-27;;/h1,6-8,14,16,30H,5,9-13,15H2,2-3H3,(H,26,31)(H,27,28)(H,29,32);4-6,16-17H,7-15H2,1-3H3,(H,26,27)(H,28,30);8-11,17-18H,5-7,12-16H2,1-4H3,(H,25,28);1H4;1H. The molecule has 94 heavy (non-hydrogen) atoms. The molecule has 5 heterocycles.